The van der Waals surface area contributed by atoms with E-state index in [1.807, 2.05) is 25.1 Å². The predicted octanol–water partition coefficient (Wildman–Crippen LogP) is 3.45. The molecule has 5 rings (SSSR count). The SMILES string of the molecule is Cc1cc(C#CC2CC2)ccc1N(C)C(=O)c1cc(CC2OCC3(CC3)CO2)[nH]n1. The van der Waals surface area contributed by atoms with Gasteiger partial charge in [0.25, 0.3) is 5.91 Å². The summed E-state index contributed by atoms with van der Waals surface area (Å²) in [6.45, 7) is 3.53. The number of hydrogen-bond acceptors (Lipinski definition) is 4. The molecule has 0 radical (unpaired) electrons. The van der Waals surface area contributed by atoms with Crippen molar-refractivity contribution < 1.29 is 14.3 Å². The number of aromatic nitrogens is 2. The van der Waals surface area contributed by atoms with Crippen LogP contribution >= 0.6 is 0 Å². The van der Waals surface area contributed by atoms with Gasteiger partial charge in [-0.3, -0.25) is 9.89 Å². The minimum absolute atomic E-state index is 0.153. The van der Waals surface area contributed by atoms with Crippen molar-refractivity contribution in [3.63, 3.8) is 0 Å². The third-order valence-electron chi connectivity index (χ3n) is 6.21. The first-order valence-corrected chi connectivity index (χ1v) is 10.7. The van der Waals surface area contributed by atoms with E-state index in [0.29, 0.717) is 18.0 Å². The van der Waals surface area contributed by atoms with Crippen LogP contribution < -0.4 is 4.90 Å². The standard InChI is InChI=1S/C24H27N3O3/c1-16-11-18(6-5-17-3-4-17)7-8-21(16)27(2)23(28)20-12-19(25-26-20)13-22-29-14-24(9-10-24)15-30-22/h7-8,11-12,17,22H,3-4,9-10,13-15H2,1-2H3,(H,25,26). The smallest absolute Gasteiger partial charge is 0.278 e. The summed E-state index contributed by atoms with van der Waals surface area (Å²) in [5, 5.41) is 7.18. The summed E-state index contributed by atoms with van der Waals surface area (Å²) in [4.78, 5) is 14.6. The third kappa shape index (κ3) is 4.14. The lowest BCUT2D eigenvalue weighted by molar-refractivity contribution is -0.206. The van der Waals surface area contributed by atoms with Crippen LogP contribution in [-0.2, 0) is 15.9 Å². The first kappa shape index (κ1) is 19.3. The van der Waals surface area contributed by atoms with Gasteiger partial charge in [-0.1, -0.05) is 11.8 Å². The van der Waals surface area contributed by atoms with Crippen LogP contribution in [0.25, 0.3) is 0 Å². The second kappa shape index (κ2) is 7.57. The van der Waals surface area contributed by atoms with Gasteiger partial charge in [0.05, 0.1) is 13.2 Å². The number of H-pyrrole nitrogens is 1. The number of aromatic amines is 1. The van der Waals surface area contributed by atoms with E-state index in [1.165, 1.54) is 25.7 Å². The number of nitrogens with one attached hydrogen (secondary N) is 1. The van der Waals surface area contributed by atoms with Crippen molar-refractivity contribution in [2.75, 3.05) is 25.2 Å². The molecule has 1 saturated heterocycles. The minimum Gasteiger partial charge on any atom is -0.352 e. The monoisotopic (exact) mass is 405 g/mol. The van der Waals surface area contributed by atoms with E-state index in [-0.39, 0.29) is 17.6 Å². The second-order valence-electron chi connectivity index (χ2n) is 8.94. The lowest BCUT2D eigenvalue weighted by Gasteiger charge is -2.29. The normalized spacial score (nSPS) is 19.9. The van der Waals surface area contributed by atoms with Gasteiger partial charge in [0.1, 0.15) is 0 Å². The Morgan fingerprint density at radius 3 is 2.70 bits per heavy atom. The van der Waals surface area contributed by atoms with Crippen molar-refractivity contribution in [3.8, 4) is 11.8 Å². The van der Waals surface area contributed by atoms with E-state index in [9.17, 15) is 4.79 Å². The van der Waals surface area contributed by atoms with Crippen LogP contribution in [0.4, 0.5) is 5.69 Å². The molecular formula is C24H27N3O3. The molecule has 30 heavy (non-hydrogen) atoms. The zero-order valence-corrected chi connectivity index (χ0v) is 17.5. The maximum atomic E-state index is 13.0. The molecule has 3 fully saturated rings. The zero-order valence-electron chi connectivity index (χ0n) is 17.5. The number of aryl methyl sites for hydroxylation is 1. The fraction of sp³-hybridized carbons (Fsp3) is 0.500. The number of amides is 1. The number of hydrogen-bond donors (Lipinski definition) is 1. The van der Waals surface area contributed by atoms with Gasteiger partial charge in [-0.2, -0.15) is 5.10 Å². The Hall–Kier alpha value is -2.62. The average Bonchev–Trinajstić information content (AvgIpc) is 3.67. The van der Waals surface area contributed by atoms with Crippen LogP contribution in [-0.4, -0.2) is 42.7 Å². The summed E-state index contributed by atoms with van der Waals surface area (Å²) in [5.74, 6) is 6.93. The van der Waals surface area contributed by atoms with E-state index in [1.54, 1.807) is 18.0 Å². The van der Waals surface area contributed by atoms with Crippen molar-refractivity contribution >= 4 is 11.6 Å². The molecule has 1 spiro atoms. The fourth-order valence-corrected chi connectivity index (χ4v) is 3.77. The van der Waals surface area contributed by atoms with E-state index < -0.39 is 0 Å². The summed E-state index contributed by atoms with van der Waals surface area (Å²) in [5.41, 5.74) is 4.37. The van der Waals surface area contributed by atoms with Crippen molar-refractivity contribution in [2.24, 2.45) is 11.3 Å². The van der Waals surface area contributed by atoms with Gasteiger partial charge < -0.3 is 14.4 Å². The first-order chi connectivity index (χ1) is 14.5. The molecule has 3 aliphatic rings. The Bertz CT molecular complexity index is 1010. The van der Waals surface area contributed by atoms with Gasteiger partial charge in [0, 0.05) is 41.7 Å². The summed E-state index contributed by atoms with van der Waals surface area (Å²) < 4.78 is 11.7. The predicted molar refractivity (Wildman–Crippen MR) is 113 cm³/mol. The number of anilines is 1. The van der Waals surface area contributed by atoms with E-state index in [0.717, 1.165) is 35.7 Å². The van der Waals surface area contributed by atoms with Crippen LogP contribution in [0.5, 0.6) is 0 Å². The highest BCUT2D eigenvalue weighted by Gasteiger charge is 2.46. The van der Waals surface area contributed by atoms with E-state index in [4.69, 9.17) is 9.47 Å². The zero-order chi connectivity index (χ0) is 20.7. The van der Waals surface area contributed by atoms with Gasteiger partial charge >= 0.3 is 0 Å². The highest BCUT2D eigenvalue weighted by molar-refractivity contribution is 6.04. The number of rotatable bonds is 4. The largest absolute Gasteiger partial charge is 0.352 e. The van der Waals surface area contributed by atoms with Crippen molar-refractivity contribution in [1.29, 1.82) is 0 Å². The molecular weight excluding hydrogens is 378 g/mol. The minimum atomic E-state index is -0.274. The summed E-state index contributed by atoms with van der Waals surface area (Å²) in [7, 11) is 1.77. The molecule has 1 aromatic heterocycles. The Morgan fingerprint density at radius 1 is 1.27 bits per heavy atom. The molecule has 2 aliphatic carbocycles. The van der Waals surface area contributed by atoms with Crippen LogP contribution in [0.2, 0.25) is 0 Å². The van der Waals surface area contributed by atoms with Gasteiger partial charge in [-0.15, -0.1) is 0 Å². The number of carbonyl (C=O) groups is 1. The highest BCUT2D eigenvalue weighted by atomic mass is 16.7. The molecule has 0 unspecified atom stereocenters. The Labute approximate surface area is 176 Å². The van der Waals surface area contributed by atoms with Gasteiger partial charge in [0.2, 0.25) is 0 Å². The van der Waals surface area contributed by atoms with Crippen LogP contribution in [0, 0.1) is 30.1 Å². The average molecular weight is 405 g/mol. The molecule has 156 valence electrons. The molecule has 1 aromatic carbocycles. The topological polar surface area (TPSA) is 67.5 Å². The number of benzene rings is 1. The lowest BCUT2D eigenvalue weighted by atomic mass is 10.1. The second-order valence-corrected chi connectivity index (χ2v) is 8.94. The molecule has 0 atom stereocenters. The molecule has 6 nitrogen and oxygen atoms in total. The molecule has 2 saturated carbocycles. The molecule has 2 heterocycles. The third-order valence-corrected chi connectivity index (χ3v) is 6.21. The Kier molecular flexibility index (Phi) is 4.88. The van der Waals surface area contributed by atoms with Crippen LogP contribution in [0.1, 0.15) is 53.0 Å². The van der Waals surface area contributed by atoms with Gasteiger partial charge in [-0.25, -0.2) is 0 Å². The molecule has 2 aromatic rings. The number of ether oxygens (including phenoxy) is 2. The van der Waals surface area contributed by atoms with E-state index >= 15 is 0 Å². The first-order valence-electron chi connectivity index (χ1n) is 10.7. The van der Waals surface area contributed by atoms with Crippen LogP contribution in [0.15, 0.2) is 24.3 Å². The number of carbonyl (C=O) groups excluding carboxylic acids is 1. The summed E-state index contributed by atoms with van der Waals surface area (Å²) in [6.07, 6.45) is 5.11. The Balaban J connectivity index is 1.23. The Morgan fingerprint density at radius 2 is 2.03 bits per heavy atom. The van der Waals surface area contributed by atoms with Gasteiger partial charge in [0.15, 0.2) is 12.0 Å². The molecule has 1 N–H and O–H groups in total. The molecule has 0 bridgehead atoms. The lowest BCUT2D eigenvalue weighted by Crippen LogP contribution is -2.34. The number of nitrogens with zero attached hydrogens (tertiary/aromatic N) is 2. The quantitative estimate of drug-likeness (QED) is 0.791. The maximum Gasteiger partial charge on any atom is 0.278 e. The van der Waals surface area contributed by atoms with Gasteiger partial charge in [-0.05, 0) is 62.4 Å². The van der Waals surface area contributed by atoms with Crippen LogP contribution in [0.3, 0.4) is 0 Å². The van der Waals surface area contributed by atoms with Crippen molar-refractivity contribution in [2.45, 2.75) is 45.3 Å². The summed E-state index contributed by atoms with van der Waals surface area (Å²) >= 11 is 0. The molecule has 1 aliphatic heterocycles. The highest BCUT2D eigenvalue weighted by Crippen LogP contribution is 2.48. The van der Waals surface area contributed by atoms with Crippen molar-refractivity contribution in [3.05, 3.63) is 46.8 Å². The molecule has 6 heteroatoms. The summed E-state index contributed by atoms with van der Waals surface area (Å²) in [6, 6.07) is 7.75. The van der Waals surface area contributed by atoms with E-state index in [2.05, 4.69) is 22.0 Å². The molecule has 1 amide bonds. The maximum absolute atomic E-state index is 13.0. The van der Waals surface area contributed by atoms with Crippen molar-refractivity contribution in [1.82, 2.24) is 10.2 Å². The fourth-order valence-electron chi connectivity index (χ4n) is 3.77.